The molecule has 0 aliphatic carbocycles. The van der Waals surface area contributed by atoms with E-state index < -0.39 is 14.2 Å². The minimum absolute atomic E-state index is 0.243. The first-order valence-corrected chi connectivity index (χ1v) is 20.0. The molecule has 3 nitrogen and oxygen atoms in total. The molecule has 0 unspecified atom stereocenters. The molecule has 4 radical (unpaired) electrons. The monoisotopic (exact) mass is 629 g/mol. The molecule has 45 heavy (non-hydrogen) atoms. The Morgan fingerprint density at radius 3 is 1.73 bits per heavy atom. The molecule has 0 spiro atoms. The summed E-state index contributed by atoms with van der Waals surface area (Å²) in [5.41, 5.74) is 0. The van der Waals surface area contributed by atoms with Gasteiger partial charge in [0.15, 0.2) is 0 Å². The van der Waals surface area contributed by atoms with Gasteiger partial charge in [0.25, 0.3) is 0 Å². The van der Waals surface area contributed by atoms with Gasteiger partial charge in [-0.15, -0.1) is 0 Å². The SMILES string of the molecule is C[C@@H]1CN[C@H](CP(c2ccccc2)c2ccccc2)C1.[B]C[C@H]1C[C@@H](C[P+]([B])(c2ccccc2)c2ccccc2)N(B(C)O)C1. The first-order valence-electron chi connectivity index (χ1n) is 16.4. The van der Waals surface area contributed by atoms with E-state index in [4.69, 9.17) is 15.4 Å². The highest BCUT2D eigenvalue weighted by Gasteiger charge is 2.45. The first-order chi connectivity index (χ1) is 21.9. The van der Waals surface area contributed by atoms with Gasteiger partial charge in [-0.3, -0.25) is 0 Å². The topological polar surface area (TPSA) is 35.5 Å². The van der Waals surface area contributed by atoms with Crippen molar-refractivity contribution in [3.8, 4) is 0 Å². The predicted octanol–water partition coefficient (Wildman–Crippen LogP) is 5.24. The molecule has 228 valence electrons. The molecular weight excluding hydrogens is 583 g/mol. The second kappa shape index (κ2) is 16.6. The zero-order valence-corrected chi connectivity index (χ0v) is 28.6. The van der Waals surface area contributed by atoms with Gasteiger partial charge < -0.3 is 15.2 Å². The molecule has 0 bridgehead atoms. The van der Waals surface area contributed by atoms with Crippen LogP contribution in [-0.2, 0) is 0 Å². The summed E-state index contributed by atoms with van der Waals surface area (Å²) in [5.74, 6) is 1.25. The van der Waals surface area contributed by atoms with Gasteiger partial charge in [0.2, 0.25) is 0 Å². The summed E-state index contributed by atoms with van der Waals surface area (Å²) < 4.78 is 0. The maximum atomic E-state index is 10.2. The van der Waals surface area contributed by atoms with E-state index in [2.05, 4.69) is 126 Å². The highest BCUT2D eigenvalue weighted by molar-refractivity contribution is 8.08. The second-order valence-corrected chi connectivity index (χ2v) is 18.2. The number of hydrogen-bond acceptors (Lipinski definition) is 3. The quantitative estimate of drug-likeness (QED) is 0.186. The number of hydrogen-bond donors (Lipinski definition) is 2. The Balaban J connectivity index is 0.000000182. The molecule has 8 heteroatoms. The van der Waals surface area contributed by atoms with E-state index in [1.165, 1.54) is 40.3 Å². The van der Waals surface area contributed by atoms with E-state index >= 15 is 0 Å². The number of nitrogens with one attached hydrogen (secondary N) is 1. The van der Waals surface area contributed by atoms with Crippen molar-refractivity contribution in [2.75, 3.05) is 25.4 Å². The van der Waals surface area contributed by atoms with Crippen LogP contribution in [0.15, 0.2) is 121 Å². The Labute approximate surface area is 276 Å². The lowest BCUT2D eigenvalue weighted by atomic mass is 9.84. The van der Waals surface area contributed by atoms with E-state index in [-0.39, 0.29) is 14.0 Å². The minimum atomic E-state index is -2.03. The van der Waals surface area contributed by atoms with Crippen molar-refractivity contribution >= 4 is 58.7 Å². The van der Waals surface area contributed by atoms with Crippen molar-refractivity contribution in [3.63, 3.8) is 0 Å². The van der Waals surface area contributed by atoms with Crippen molar-refractivity contribution < 1.29 is 5.02 Å². The van der Waals surface area contributed by atoms with Crippen LogP contribution in [0.3, 0.4) is 0 Å². The Bertz CT molecular complexity index is 1340. The van der Waals surface area contributed by atoms with Gasteiger partial charge in [-0.1, -0.05) is 110 Å². The number of nitrogens with zero attached hydrogens (tertiary/aromatic N) is 1. The van der Waals surface area contributed by atoms with Gasteiger partial charge in [-0.25, -0.2) is 0 Å². The van der Waals surface area contributed by atoms with Crippen LogP contribution in [0, 0.1) is 11.8 Å². The van der Waals surface area contributed by atoms with Gasteiger partial charge in [0.1, 0.15) is 0 Å². The molecule has 2 N–H and O–H groups in total. The summed E-state index contributed by atoms with van der Waals surface area (Å²) >= 11 is 0. The summed E-state index contributed by atoms with van der Waals surface area (Å²) in [5, 5.41) is 19.3. The van der Waals surface area contributed by atoms with Crippen molar-refractivity contribution in [3.05, 3.63) is 121 Å². The zero-order valence-electron chi connectivity index (χ0n) is 26.8. The highest BCUT2D eigenvalue weighted by Crippen LogP contribution is 2.53. The smallest absolute Gasteiger partial charge is 0.377 e. The van der Waals surface area contributed by atoms with Gasteiger partial charge >= 0.3 is 14.6 Å². The van der Waals surface area contributed by atoms with E-state index in [0.717, 1.165) is 25.0 Å². The van der Waals surface area contributed by atoms with Crippen molar-refractivity contribution in [1.82, 2.24) is 10.1 Å². The standard InChI is InChI=1S/C19H24B3NOP.C18H22NP/c1-22(24)23-14-16(13-20)12-17(23)15-25(21,18-8-4-2-5-9-18)19-10-6-3-7-11-19;1-15-12-16(19-13-15)14-20(17-8-4-2-5-9-17)18-10-6-3-7-11-18/h2-11,16-17,24H,12-15H2,1H3;2-11,15-16,19H,12-14H2,1H3/q+1;/t16-,17+;15-,16-/m10/s1. The normalized spacial score (nSPS) is 21.8. The zero-order chi connectivity index (χ0) is 31.6. The third-order valence-electron chi connectivity index (χ3n) is 9.27. The largest absolute Gasteiger partial charge is 0.437 e. The molecule has 4 atom stereocenters. The Morgan fingerprint density at radius 1 is 0.822 bits per heavy atom. The van der Waals surface area contributed by atoms with Gasteiger partial charge in [0, 0.05) is 19.2 Å². The molecule has 4 aromatic rings. The van der Waals surface area contributed by atoms with E-state index in [9.17, 15) is 5.02 Å². The average molecular weight is 629 g/mol. The van der Waals surface area contributed by atoms with Crippen LogP contribution in [0.25, 0.3) is 0 Å². The second-order valence-electron chi connectivity index (χ2n) is 12.8. The van der Waals surface area contributed by atoms with Crippen molar-refractivity contribution in [2.24, 2.45) is 11.8 Å². The third kappa shape index (κ3) is 9.00. The molecule has 2 saturated heterocycles. The molecule has 2 fully saturated rings. The fourth-order valence-corrected chi connectivity index (χ4v) is 12.5. The van der Waals surface area contributed by atoms with Gasteiger partial charge in [-0.2, -0.15) is 0 Å². The lowest BCUT2D eigenvalue weighted by molar-refractivity contribution is 0.361. The lowest BCUT2D eigenvalue weighted by Crippen LogP contribution is -2.44. The van der Waals surface area contributed by atoms with Crippen molar-refractivity contribution in [1.29, 1.82) is 0 Å². The molecule has 2 aliphatic rings. The van der Waals surface area contributed by atoms with Crippen LogP contribution in [0.1, 0.15) is 19.8 Å². The fraction of sp³-hybridized carbons (Fsp3) is 0.351. The summed E-state index contributed by atoms with van der Waals surface area (Å²) in [7, 11) is 10.3. The van der Waals surface area contributed by atoms with E-state index in [0.29, 0.717) is 18.3 Å². The van der Waals surface area contributed by atoms with Crippen LogP contribution in [0.5, 0.6) is 0 Å². The number of benzene rings is 4. The average Bonchev–Trinajstić information content (AvgIpc) is 3.70. The predicted molar refractivity (Wildman–Crippen MR) is 202 cm³/mol. The van der Waals surface area contributed by atoms with Crippen LogP contribution in [0.4, 0.5) is 0 Å². The maximum Gasteiger partial charge on any atom is 0.377 e. The molecule has 0 amide bonds. The Kier molecular flexibility index (Phi) is 12.6. The molecular formula is C37H46B3N2OP2+. The molecule has 0 saturated carbocycles. The molecule has 4 aromatic carbocycles. The minimum Gasteiger partial charge on any atom is -0.437 e. The summed E-state index contributed by atoms with van der Waals surface area (Å²) in [4.78, 5) is 2.17. The lowest BCUT2D eigenvalue weighted by Gasteiger charge is -2.31. The van der Waals surface area contributed by atoms with Crippen LogP contribution in [0.2, 0.25) is 13.1 Å². The molecule has 2 aliphatic heterocycles. The van der Waals surface area contributed by atoms with Crippen LogP contribution >= 0.6 is 15.1 Å². The summed E-state index contributed by atoms with van der Waals surface area (Å²) in [6.45, 7) is 6.22. The maximum absolute atomic E-state index is 10.2. The molecule has 0 aromatic heterocycles. The van der Waals surface area contributed by atoms with Crippen molar-refractivity contribution in [2.45, 2.75) is 45.0 Å². The fourth-order valence-electron chi connectivity index (χ4n) is 6.89. The molecule has 6 rings (SSSR count). The Hall–Kier alpha value is -2.19. The highest BCUT2D eigenvalue weighted by atomic mass is 31.2. The Morgan fingerprint density at radius 2 is 1.31 bits per heavy atom. The van der Waals surface area contributed by atoms with E-state index in [1.807, 2.05) is 19.0 Å². The van der Waals surface area contributed by atoms with Crippen LogP contribution < -0.4 is 26.5 Å². The van der Waals surface area contributed by atoms with E-state index in [1.54, 1.807) is 0 Å². The first kappa shape index (κ1) is 34.2. The third-order valence-corrected chi connectivity index (χ3v) is 15.4. The summed E-state index contributed by atoms with van der Waals surface area (Å²) in [6, 6.07) is 43.8. The summed E-state index contributed by atoms with van der Waals surface area (Å²) in [6.07, 6.45) is 5.10. The molecule has 2 heterocycles. The van der Waals surface area contributed by atoms with Gasteiger partial charge in [0.05, 0.1) is 24.6 Å². The number of rotatable bonds is 10. The van der Waals surface area contributed by atoms with Crippen LogP contribution in [-0.4, -0.2) is 69.8 Å². The van der Waals surface area contributed by atoms with Gasteiger partial charge in [-0.05, 0) is 93.5 Å².